The van der Waals surface area contributed by atoms with Crippen LogP contribution in [0.5, 0.6) is 11.5 Å². The highest BCUT2D eigenvalue weighted by molar-refractivity contribution is 8.18. The number of benzene rings is 2. The second-order valence-electron chi connectivity index (χ2n) is 7.53. The van der Waals surface area contributed by atoms with Gasteiger partial charge < -0.3 is 14.8 Å². The Bertz CT molecular complexity index is 1070. The minimum atomic E-state index is -0.495. The molecule has 0 radical (unpaired) electrons. The molecule has 1 fully saturated rings. The lowest BCUT2D eigenvalue weighted by molar-refractivity contribution is -0.127. The average Bonchev–Trinajstić information content (AvgIpc) is 3.03. The molecule has 3 rings (SSSR count). The van der Waals surface area contributed by atoms with Crippen molar-refractivity contribution in [2.24, 2.45) is 0 Å². The molecule has 0 aromatic heterocycles. The SMILES string of the molecule is CCCCOc1ccc(/C=C2\SC(=O)N(CC(=O)Nc3cccc(C)c3)C2=O)cc1OCC. The first-order valence-electron chi connectivity index (χ1n) is 10.9. The minimum Gasteiger partial charge on any atom is -0.490 e. The maximum atomic E-state index is 12.8. The van der Waals surface area contributed by atoms with E-state index >= 15 is 0 Å². The van der Waals surface area contributed by atoms with Gasteiger partial charge in [-0.3, -0.25) is 19.3 Å². The van der Waals surface area contributed by atoms with E-state index < -0.39 is 17.1 Å². The number of nitrogens with one attached hydrogen (secondary N) is 1. The number of hydrogen-bond acceptors (Lipinski definition) is 6. The third kappa shape index (κ3) is 6.61. The molecule has 8 heteroatoms. The van der Waals surface area contributed by atoms with Gasteiger partial charge in [0.1, 0.15) is 6.54 Å². The van der Waals surface area contributed by atoms with Gasteiger partial charge >= 0.3 is 0 Å². The van der Waals surface area contributed by atoms with Crippen molar-refractivity contribution in [2.75, 3.05) is 25.1 Å². The van der Waals surface area contributed by atoms with Gasteiger partial charge in [0, 0.05) is 5.69 Å². The Morgan fingerprint density at radius 2 is 1.91 bits per heavy atom. The van der Waals surface area contributed by atoms with Crippen molar-refractivity contribution in [3.05, 3.63) is 58.5 Å². The van der Waals surface area contributed by atoms with Crippen LogP contribution in [0.3, 0.4) is 0 Å². The fourth-order valence-corrected chi connectivity index (χ4v) is 4.02. The molecule has 174 valence electrons. The van der Waals surface area contributed by atoms with E-state index in [1.54, 1.807) is 24.3 Å². The third-order valence-corrected chi connectivity index (χ3v) is 5.71. The molecule has 7 nitrogen and oxygen atoms in total. The highest BCUT2D eigenvalue weighted by Crippen LogP contribution is 2.34. The van der Waals surface area contributed by atoms with E-state index in [0.717, 1.165) is 35.1 Å². The molecule has 1 saturated heterocycles. The van der Waals surface area contributed by atoms with Gasteiger partial charge in [0.2, 0.25) is 5.91 Å². The lowest BCUT2D eigenvalue weighted by Gasteiger charge is -2.13. The van der Waals surface area contributed by atoms with E-state index in [-0.39, 0.29) is 11.4 Å². The predicted molar refractivity (Wildman–Crippen MR) is 130 cm³/mol. The monoisotopic (exact) mass is 468 g/mol. The lowest BCUT2D eigenvalue weighted by atomic mass is 10.2. The van der Waals surface area contributed by atoms with Crippen molar-refractivity contribution in [2.45, 2.75) is 33.6 Å². The van der Waals surface area contributed by atoms with Crippen molar-refractivity contribution in [1.29, 1.82) is 0 Å². The Labute approximate surface area is 198 Å². The minimum absolute atomic E-state index is 0.255. The topological polar surface area (TPSA) is 84.9 Å². The second-order valence-corrected chi connectivity index (χ2v) is 8.52. The number of thioether (sulfide) groups is 1. The van der Waals surface area contributed by atoms with Crippen molar-refractivity contribution in [1.82, 2.24) is 4.90 Å². The highest BCUT2D eigenvalue weighted by Gasteiger charge is 2.36. The standard InChI is InChI=1S/C25H28N2O5S/c1-4-6-12-32-20-11-10-18(14-21(20)31-5-2)15-22-24(29)27(25(30)33-22)16-23(28)26-19-9-7-8-17(3)13-19/h7-11,13-15H,4-6,12,16H2,1-3H3,(H,26,28)/b22-15-. The smallest absolute Gasteiger partial charge is 0.294 e. The Balaban J connectivity index is 1.70. The molecule has 2 aromatic carbocycles. The molecule has 1 heterocycles. The number of rotatable bonds is 10. The summed E-state index contributed by atoms with van der Waals surface area (Å²) in [7, 11) is 0. The Hall–Kier alpha value is -3.26. The fourth-order valence-electron chi connectivity index (χ4n) is 3.18. The zero-order chi connectivity index (χ0) is 23.8. The maximum absolute atomic E-state index is 12.8. The molecule has 2 aromatic rings. The number of carbonyl (C=O) groups excluding carboxylic acids is 3. The van der Waals surface area contributed by atoms with Crippen LogP contribution >= 0.6 is 11.8 Å². The van der Waals surface area contributed by atoms with Crippen LogP contribution in [0.1, 0.15) is 37.8 Å². The molecular weight excluding hydrogens is 440 g/mol. The van der Waals surface area contributed by atoms with Gasteiger partial charge in [0.25, 0.3) is 11.1 Å². The zero-order valence-corrected chi connectivity index (χ0v) is 19.9. The van der Waals surface area contributed by atoms with Gasteiger partial charge in [-0.25, -0.2) is 0 Å². The van der Waals surface area contributed by atoms with Crippen molar-refractivity contribution in [3.63, 3.8) is 0 Å². The molecule has 0 atom stereocenters. The summed E-state index contributed by atoms with van der Waals surface area (Å²) in [5.41, 5.74) is 2.32. The van der Waals surface area contributed by atoms with Gasteiger partial charge in [-0.05, 0) is 73.5 Å². The number of hydrogen-bond donors (Lipinski definition) is 1. The molecule has 1 N–H and O–H groups in total. The largest absolute Gasteiger partial charge is 0.490 e. The summed E-state index contributed by atoms with van der Waals surface area (Å²) in [5, 5.41) is 2.24. The van der Waals surface area contributed by atoms with E-state index in [4.69, 9.17) is 9.47 Å². The quantitative estimate of drug-likeness (QED) is 0.379. The lowest BCUT2D eigenvalue weighted by Crippen LogP contribution is -2.36. The molecule has 1 aliphatic heterocycles. The third-order valence-electron chi connectivity index (χ3n) is 4.80. The summed E-state index contributed by atoms with van der Waals surface area (Å²) in [5.74, 6) is 0.296. The van der Waals surface area contributed by atoms with Crippen LogP contribution in [0.4, 0.5) is 10.5 Å². The molecule has 33 heavy (non-hydrogen) atoms. The number of nitrogens with zero attached hydrogens (tertiary/aromatic N) is 1. The summed E-state index contributed by atoms with van der Waals surface area (Å²) < 4.78 is 11.5. The number of unbranched alkanes of at least 4 members (excludes halogenated alkanes) is 1. The molecule has 0 aliphatic carbocycles. The number of anilines is 1. The number of amides is 3. The van der Waals surface area contributed by atoms with Crippen molar-refractivity contribution in [3.8, 4) is 11.5 Å². The van der Waals surface area contributed by atoms with Crippen LogP contribution in [0.2, 0.25) is 0 Å². The Kier molecular flexibility index (Phi) is 8.54. The number of ether oxygens (including phenoxy) is 2. The van der Waals surface area contributed by atoms with Gasteiger partial charge in [0.15, 0.2) is 11.5 Å². The number of aryl methyl sites for hydroxylation is 1. The maximum Gasteiger partial charge on any atom is 0.294 e. The molecule has 0 saturated carbocycles. The van der Waals surface area contributed by atoms with Crippen molar-refractivity contribution < 1.29 is 23.9 Å². The molecule has 0 unspecified atom stereocenters. The van der Waals surface area contributed by atoms with E-state index in [1.807, 2.05) is 38.1 Å². The summed E-state index contributed by atoms with van der Waals surface area (Å²) in [6.45, 7) is 6.62. The summed E-state index contributed by atoms with van der Waals surface area (Å²) in [6.07, 6.45) is 3.60. The summed E-state index contributed by atoms with van der Waals surface area (Å²) >= 11 is 0.814. The number of carbonyl (C=O) groups is 3. The molecule has 3 amide bonds. The predicted octanol–water partition coefficient (Wildman–Crippen LogP) is 5.25. The zero-order valence-electron chi connectivity index (χ0n) is 19.1. The summed E-state index contributed by atoms with van der Waals surface area (Å²) in [6, 6.07) is 12.7. The summed E-state index contributed by atoms with van der Waals surface area (Å²) in [4.78, 5) is 38.8. The second kappa shape index (κ2) is 11.6. The van der Waals surface area contributed by atoms with Crippen LogP contribution in [0.25, 0.3) is 6.08 Å². The van der Waals surface area contributed by atoms with Gasteiger partial charge in [-0.1, -0.05) is 31.5 Å². The van der Waals surface area contributed by atoms with Gasteiger partial charge in [-0.2, -0.15) is 0 Å². The fraction of sp³-hybridized carbons (Fsp3) is 0.320. The molecule has 1 aliphatic rings. The van der Waals surface area contributed by atoms with Gasteiger partial charge in [-0.15, -0.1) is 0 Å². The van der Waals surface area contributed by atoms with Gasteiger partial charge in [0.05, 0.1) is 18.1 Å². The van der Waals surface area contributed by atoms with Crippen LogP contribution in [0, 0.1) is 6.92 Å². The molecule has 0 bridgehead atoms. The van der Waals surface area contributed by atoms with Crippen molar-refractivity contribution >= 4 is 40.6 Å². The Morgan fingerprint density at radius 1 is 1.09 bits per heavy atom. The van der Waals surface area contributed by atoms with Crippen LogP contribution in [-0.4, -0.2) is 41.7 Å². The van der Waals surface area contributed by atoms with Crippen LogP contribution in [-0.2, 0) is 9.59 Å². The molecule has 0 spiro atoms. The molecular formula is C25H28N2O5S. The normalized spacial score (nSPS) is 14.6. The van der Waals surface area contributed by atoms with Crippen LogP contribution in [0.15, 0.2) is 47.4 Å². The Morgan fingerprint density at radius 3 is 2.64 bits per heavy atom. The first-order chi connectivity index (χ1) is 15.9. The first kappa shape index (κ1) is 24.4. The highest BCUT2D eigenvalue weighted by atomic mass is 32.2. The van der Waals surface area contributed by atoms with E-state index in [2.05, 4.69) is 12.2 Å². The number of imide groups is 1. The van der Waals surface area contributed by atoms with E-state index in [0.29, 0.717) is 36.0 Å². The first-order valence-corrected chi connectivity index (χ1v) is 11.7. The van der Waals surface area contributed by atoms with Crippen LogP contribution < -0.4 is 14.8 Å². The average molecular weight is 469 g/mol. The van der Waals surface area contributed by atoms with E-state index in [9.17, 15) is 14.4 Å². The van der Waals surface area contributed by atoms with E-state index in [1.165, 1.54) is 0 Å².